The highest BCUT2D eigenvalue weighted by Gasteiger charge is 2.21. The van der Waals surface area contributed by atoms with Crippen LogP contribution in [0.15, 0.2) is 42.6 Å². The Balaban J connectivity index is 1.76. The largest absolute Gasteiger partial charge is 0.379 e. The first kappa shape index (κ1) is 18.1. The summed E-state index contributed by atoms with van der Waals surface area (Å²) >= 11 is 11.8. The van der Waals surface area contributed by atoms with Gasteiger partial charge in [-0.1, -0.05) is 53.5 Å². The van der Waals surface area contributed by atoms with Gasteiger partial charge in [0.05, 0.1) is 29.8 Å². The lowest BCUT2D eigenvalue weighted by Crippen LogP contribution is -2.43. The van der Waals surface area contributed by atoms with Crippen molar-refractivity contribution in [1.82, 2.24) is 15.2 Å². The average Bonchev–Trinajstić information content (AvgIpc) is 2.65. The number of hydrogen-bond donors (Lipinski definition) is 1. The number of benzene rings is 1. The second-order valence-corrected chi connectivity index (χ2v) is 6.61. The van der Waals surface area contributed by atoms with E-state index in [-0.39, 0.29) is 22.1 Å². The topological polar surface area (TPSA) is 54.5 Å². The molecule has 1 N–H and O–H groups in total. The van der Waals surface area contributed by atoms with Crippen molar-refractivity contribution in [2.75, 3.05) is 32.8 Å². The number of nitrogens with zero attached hydrogens (tertiary/aromatic N) is 2. The normalized spacial score (nSPS) is 16.4. The van der Waals surface area contributed by atoms with E-state index in [0.717, 1.165) is 18.7 Å². The molecule has 1 aromatic carbocycles. The second kappa shape index (κ2) is 8.63. The fourth-order valence-corrected chi connectivity index (χ4v) is 3.02. The van der Waals surface area contributed by atoms with Gasteiger partial charge in [0, 0.05) is 25.8 Å². The maximum absolute atomic E-state index is 12.6. The van der Waals surface area contributed by atoms with Crippen molar-refractivity contribution in [2.24, 2.45) is 0 Å². The molecule has 25 heavy (non-hydrogen) atoms. The van der Waals surface area contributed by atoms with Crippen molar-refractivity contribution in [3.05, 3.63) is 63.9 Å². The summed E-state index contributed by atoms with van der Waals surface area (Å²) in [5, 5.41) is 3.53. The number of rotatable bonds is 5. The molecule has 1 aromatic heterocycles. The summed E-state index contributed by atoms with van der Waals surface area (Å²) in [6.45, 7) is 3.85. The Morgan fingerprint density at radius 1 is 1.24 bits per heavy atom. The number of pyridine rings is 1. The minimum Gasteiger partial charge on any atom is -0.379 e. The zero-order valence-corrected chi connectivity index (χ0v) is 15.1. The first-order valence-electron chi connectivity index (χ1n) is 8.10. The Kier molecular flexibility index (Phi) is 6.26. The van der Waals surface area contributed by atoms with Crippen molar-refractivity contribution < 1.29 is 9.53 Å². The van der Waals surface area contributed by atoms with Gasteiger partial charge in [0.1, 0.15) is 5.15 Å². The van der Waals surface area contributed by atoms with E-state index in [2.05, 4.69) is 15.2 Å². The monoisotopic (exact) mass is 379 g/mol. The van der Waals surface area contributed by atoms with Gasteiger partial charge in [-0.25, -0.2) is 4.98 Å². The van der Waals surface area contributed by atoms with E-state index in [4.69, 9.17) is 27.9 Å². The van der Waals surface area contributed by atoms with Crippen molar-refractivity contribution >= 4 is 29.1 Å². The Hall–Kier alpha value is -1.66. The zero-order chi connectivity index (χ0) is 17.6. The molecule has 0 bridgehead atoms. The van der Waals surface area contributed by atoms with Crippen LogP contribution < -0.4 is 5.32 Å². The first-order valence-corrected chi connectivity index (χ1v) is 8.86. The van der Waals surface area contributed by atoms with Crippen LogP contribution in [-0.2, 0) is 4.74 Å². The third-order valence-corrected chi connectivity index (χ3v) is 4.80. The molecule has 1 unspecified atom stereocenters. The Bertz CT molecular complexity index is 722. The molecule has 132 valence electrons. The van der Waals surface area contributed by atoms with E-state index >= 15 is 0 Å². The first-order chi connectivity index (χ1) is 12.1. The molecule has 3 rings (SSSR count). The van der Waals surface area contributed by atoms with E-state index in [1.54, 1.807) is 0 Å². The standard InChI is InChI=1S/C18H19Cl2N3O2/c19-15-10-14(11-21-17(15)20)18(24)22-16(13-4-2-1-3-5-13)12-23-6-8-25-9-7-23/h1-5,10-11,16H,6-9,12H2,(H,22,24). The molecule has 1 fully saturated rings. The molecule has 2 aromatic rings. The van der Waals surface area contributed by atoms with E-state index < -0.39 is 0 Å². The van der Waals surface area contributed by atoms with E-state index in [9.17, 15) is 4.79 Å². The van der Waals surface area contributed by atoms with Crippen LogP contribution in [0.25, 0.3) is 0 Å². The molecule has 2 heterocycles. The highest BCUT2D eigenvalue weighted by atomic mass is 35.5. The van der Waals surface area contributed by atoms with Crippen molar-refractivity contribution in [2.45, 2.75) is 6.04 Å². The Morgan fingerprint density at radius 2 is 1.96 bits per heavy atom. The Morgan fingerprint density at radius 3 is 2.64 bits per heavy atom. The number of amides is 1. The van der Waals surface area contributed by atoms with Crippen LogP contribution in [0.2, 0.25) is 10.2 Å². The summed E-state index contributed by atoms with van der Waals surface area (Å²) in [5.41, 5.74) is 1.44. The summed E-state index contributed by atoms with van der Waals surface area (Å²) in [5.74, 6) is -0.229. The summed E-state index contributed by atoms with van der Waals surface area (Å²) in [4.78, 5) is 18.9. The lowest BCUT2D eigenvalue weighted by molar-refractivity contribution is 0.0332. The van der Waals surface area contributed by atoms with Gasteiger partial charge in [0.2, 0.25) is 0 Å². The van der Waals surface area contributed by atoms with E-state index in [0.29, 0.717) is 25.3 Å². The molecule has 0 spiro atoms. The van der Waals surface area contributed by atoms with Crippen LogP contribution in [0.1, 0.15) is 22.0 Å². The van der Waals surface area contributed by atoms with Crippen LogP contribution >= 0.6 is 23.2 Å². The molecular formula is C18H19Cl2N3O2. The van der Waals surface area contributed by atoms with Crippen LogP contribution in [0, 0.1) is 0 Å². The van der Waals surface area contributed by atoms with Gasteiger partial charge in [0.15, 0.2) is 0 Å². The van der Waals surface area contributed by atoms with Gasteiger partial charge in [-0.3, -0.25) is 9.69 Å². The highest BCUT2D eigenvalue weighted by Crippen LogP contribution is 2.21. The van der Waals surface area contributed by atoms with Gasteiger partial charge in [-0.2, -0.15) is 0 Å². The summed E-state index contributed by atoms with van der Waals surface area (Å²) in [7, 11) is 0. The van der Waals surface area contributed by atoms with Crippen LogP contribution in [0.5, 0.6) is 0 Å². The molecule has 0 radical (unpaired) electrons. The number of hydrogen-bond acceptors (Lipinski definition) is 4. The highest BCUT2D eigenvalue weighted by molar-refractivity contribution is 6.41. The molecular weight excluding hydrogens is 361 g/mol. The van der Waals surface area contributed by atoms with Crippen molar-refractivity contribution in [3.8, 4) is 0 Å². The summed E-state index contributed by atoms with van der Waals surface area (Å²) in [6.07, 6.45) is 1.43. The van der Waals surface area contributed by atoms with E-state index in [1.807, 2.05) is 30.3 Å². The third-order valence-electron chi connectivity index (χ3n) is 4.11. The Labute approximate surface area is 156 Å². The number of halogens is 2. The van der Waals surface area contributed by atoms with E-state index in [1.165, 1.54) is 12.3 Å². The van der Waals surface area contributed by atoms with Gasteiger partial charge < -0.3 is 10.1 Å². The molecule has 5 nitrogen and oxygen atoms in total. The molecule has 0 aliphatic carbocycles. The fraction of sp³-hybridized carbons (Fsp3) is 0.333. The number of morpholine rings is 1. The number of aromatic nitrogens is 1. The minimum atomic E-state index is -0.229. The number of nitrogens with one attached hydrogen (secondary N) is 1. The van der Waals surface area contributed by atoms with Gasteiger partial charge in [-0.05, 0) is 11.6 Å². The van der Waals surface area contributed by atoms with Gasteiger partial charge in [-0.15, -0.1) is 0 Å². The summed E-state index contributed by atoms with van der Waals surface area (Å²) < 4.78 is 5.40. The molecule has 0 saturated carbocycles. The fourth-order valence-electron chi connectivity index (χ4n) is 2.75. The van der Waals surface area contributed by atoms with Crippen LogP contribution in [0.4, 0.5) is 0 Å². The maximum atomic E-state index is 12.6. The SMILES string of the molecule is O=C(NC(CN1CCOCC1)c1ccccc1)c1cnc(Cl)c(Cl)c1. The zero-order valence-electron chi connectivity index (χ0n) is 13.6. The average molecular weight is 380 g/mol. The summed E-state index contributed by atoms with van der Waals surface area (Å²) in [6, 6.07) is 11.3. The predicted molar refractivity (Wildman–Crippen MR) is 98.2 cm³/mol. The lowest BCUT2D eigenvalue weighted by atomic mass is 10.1. The lowest BCUT2D eigenvalue weighted by Gasteiger charge is -2.31. The number of carbonyl (C=O) groups is 1. The van der Waals surface area contributed by atoms with Crippen LogP contribution in [0.3, 0.4) is 0 Å². The molecule has 1 saturated heterocycles. The maximum Gasteiger partial charge on any atom is 0.253 e. The molecule has 1 aliphatic rings. The van der Waals surface area contributed by atoms with Gasteiger partial charge >= 0.3 is 0 Å². The smallest absolute Gasteiger partial charge is 0.253 e. The number of ether oxygens (including phenoxy) is 1. The van der Waals surface area contributed by atoms with Crippen molar-refractivity contribution in [1.29, 1.82) is 0 Å². The van der Waals surface area contributed by atoms with Gasteiger partial charge in [0.25, 0.3) is 5.91 Å². The molecule has 1 aliphatic heterocycles. The molecule has 1 amide bonds. The quantitative estimate of drug-likeness (QED) is 0.810. The predicted octanol–water partition coefficient (Wildman–Crippen LogP) is 3.19. The third kappa shape index (κ3) is 4.92. The van der Waals surface area contributed by atoms with Crippen LogP contribution in [-0.4, -0.2) is 48.6 Å². The molecule has 7 heteroatoms. The molecule has 1 atom stereocenters. The minimum absolute atomic E-state index is 0.138. The second-order valence-electron chi connectivity index (χ2n) is 5.85. The number of carbonyl (C=O) groups excluding carboxylic acids is 1. The van der Waals surface area contributed by atoms with Crippen molar-refractivity contribution in [3.63, 3.8) is 0 Å².